The van der Waals surface area contributed by atoms with Crippen molar-refractivity contribution in [2.75, 3.05) is 19.6 Å². The molecule has 0 spiro atoms. The van der Waals surface area contributed by atoms with Gasteiger partial charge in [0.1, 0.15) is 0 Å². The first-order valence-corrected chi connectivity index (χ1v) is 8.73. The fourth-order valence-electron chi connectivity index (χ4n) is 3.02. The van der Waals surface area contributed by atoms with Gasteiger partial charge in [0.15, 0.2) is 0 Å². The molecule has 0 radical (unpaired) electrons. The van der Waals surface area contributed by atoms with E-state index < -0.39 is 0 Å². The fourth-order valence-corrected chi connectivity index (χ4v) is 3.02. The Kier molecular flexibility index (Phi) is 6.72. The Labute approximate surface area is 130 Å². The second kappa shape index (κ2) is 8.55. The smallest absolute Gasteiger partial charge is 0.0208 e. The van der Waals surface area contributed by atoms with Crippen molar-refractivity contribution < 1.29 is 0 Å². The molecule has 1 N–H and O–H groups in total. The maximum absolute atomic E-state index is 3.74. The normalized spacial score (nSPS) is 17.5. The summed E-state index contributed by atoms with van der Waals surface area (Å²) in [7, 11) is 0. The van der Waals surface area contributed by atoms with Crippen molar-refractivity contribution in [1.29, 1.82) is 0 Å². The third-order valence-electron chi connectivity index (χ3n) is 4.66. The molecular weight excluding hydrogens is 256 g/mol. The first-order chi connectivity index (χ1) is 10.2. The second-order valence-electron chi connectivity index (χ2n) is 6.75. The van der Waals surface area contributed by atoms with Gasteiger partial charge in [-0.05, 0) is 55.9 Å². The summed E-state index contributed by atoms with van der Waals surface area (Å²) in [5, 5.41) is 3.74. The van der Waals surface area contributed by atoms with Gasteiger partial charge in [-0.1, -0.05) is 51.5 Å². The summed E-state index contributed by atoms with van der Waals surface area (Å²) in [6.45, 7) is 11.6. The quantitative estimate of drug-likeness (QED) is 0.810. The maximum atomic E-state index is 3.74. The number of hydrogen-bond donors (Lipinski definition) is 1. The number of nitrogens with one attached hydrogen (secondary N) is 1. The number of likely N-dealkylation sites (tertiary alicyclic amines) is 1. The van der Waals surface area contributed by atoms with E-state index in [2.05, 4.69) is 55.3 Å². The zero-order valence-electron chi connectivity index (χ0n) is 14.1. The van der Waals surface area contributed by atoms with Crippen LogP contribution in [0.1, 0.15) is 63.5 Å². The van der Waals surface area contributed by atoms with Crippen LogP contribution in [-0.4, -0.2) is 30.6 Å². The van der Waals surface area contributed by atoms with Crippen LogP contribution in [0.5, 0.6) is 0 Å². The molecule has 1 fully saturated rings. The molecule has 21 heavy (non-hydrogen) atoms. The number of nitrogens with zero attached hydrogens (tertiary/aromatic N) is 1. The van der Waals surface area contributed by atoms with Gasteiger partial charge in [0.2, 0.25) is 0 Å². The highest BCUT2D eigenvalue weighted by Gasteiger charge is 2.17. The van der Waals surface area contributed by atoms with Crippen LogP contribution >= 0.6 is 0 Å². The van der Waals surface area contributed by atoms with Crippen LogP contribution in [0.4, 0.5) is 0 Å². The standard InChI is InChI=1S/C19H32N2/c1-4-5-12-21-13-10-19(11-14-21)20-15-17-6-8-18(9-7-17)16(2)3/h6-9,16,19-20H,4-5,10-15H2,1-3H3. The van der Waals surface area contributed by atoms with E-state index in [1.54, 1.807) is 0 Å². The Hall–Kier alpha value is -0.860. The average Bonchev–Trinajstić information content (AvgIpc) is 2.52. The van der Waals surface area contributed by atoms with Crippen molar-refractivity contribution >= 4 is 0 Å². The van der Waals surface area contributed by atoms with Crippen LogP contribution in [0.15, 0.2) is 24.3 Å². The van der Waals surface area contributed by atoms with Crippen molar-refractivity contribution in [3.05, 3.63) is 35.4 Å². The minimum atomic E-state index is 0.624. The molecule has 1 aliphatic rings. The molecule has 2 heteroatoms. The fraction of sp³-hybridized carbons (Fsp3) is 0.684. The van der Waals surface area contributed by atoms with Gasteiger partial charge < -0.3 is 10.2 Å². The molecule has 1 heterocycles. The van der Waals surface area contributed by atoms with Gasteiger partial charge >= 0.3 is 0 Å². The molecule has 1 aliphatic heterocycles. The summed E-state index contributed by atoms with van der Waals surface area (Å²) in [5.74, 6) is 0.624. The predicted octanol–water partition coefficient (Wildman–Crippen LogP) is 4.16. The average molecular weight is 288 g/mol. The van der Waals surface area contributed by atoms with E-state index in [0.717, 1.165) is 6.54 Å². The van der Waals surface area contributed by atoms with Gasteiger partial charge in [-0.25, -0.2) is 0 Å². The molecule has 1 saturated heterocycles. The zero-order valence-corrected chi connectivity index (χ0v) is 14.1. The van der Waals surface area contributed by atoms with Crippen LogP contribution < -0.4 is 5.32 Å². The lowest BCUT2D eigenvalue weighted by atomic mass is 10.0. The van der Waals surface area contributed by atoms with Gasteiger partial charge in [-0.3, -0.25) is 0 Å². The molecule has 0 bridgehead atoms. The molecule has 0 unspecified atom stereocenters. The molecule has 0 amide bonds. The third kappa shape index (κ3) is 5.44. The summed E-state index contributed by atoms with van der Waals surface area (Å²) in [5.41, 5.74) is 2.84. The van der Waals surface area contributed by atoms with Crippen molar-refractivity contribution in [3.63, 3.8) is 0 Å². The molecule has 0 aliphatic carbocycles. The van der Waals surface area contributed by atoms with E-state index >= 15 is 0 Å². The zero-order chi connectivity index (χ0) is 15.1. The van der Waals surface area contributed by atoms with E-state index in [4.69, 9.17) is 0 Å². The highest BCUT2D eigenvalue weighted by Crippen LogP contribution is 2.16. The number of piperidine rings is 1. The summed E-state index contributed by atoms with van der Waals surface area (Å²) in [6, 6.07) is 9.80. The van der Waals surface area contributed by atoms with Gasteiger partial charge in [0, 0.05) is 12.6 Å². The van der Waals surface area contributed by atoms with Gasteiger partial charge in [-0.2, -0.15) is 0 Å². The molecule has 0 atom stereocenters. The minimum absolute atomic E-state index is 0.624. The van der Waals surface area contributed by atoms with Crippen molar-refractivity contribution in [2.24, 2.45) is 0 Å². The number of rotatable bonds is 7. The van der Waals surface area contributed by atoms with Crippen LogP contribution in [0.25, 0.3) is 0 Å². The van der Waals surface area contributed by atoms with Crippen molar-refractivity contribution in [1.82, 2.24) is 10.2 Å². The molecule has 118 valence electrons. The second-order valence-corrected chi connectivity index (χ2v) is 6.75. The van der Waals surface area contributed by atoms with E-state index in [0.29, 0.717) is 12.0 Å². The number of benzene rings is 1. The van der Waals surface area contributed by atoms with Crippen LogP contribution in [0.2, 0.25) is 0 Å². The molecule has 0 saturated carbocycles. The van der Waals surface area contributed by atoms with Crippen LogP contribution in [0, 0.1) is 0 Å². The lowest BCUT2D eigenvalue weighted by molar-refractivity contribution is 0.195. The minimum Gasteiger partial charge on any atom is -0.310 e. The number of hydrogen-bond acceptors (Lipinski definition) is 2. The van der Waals surface area contributed by atoms with E-state index in [-0.39, 0.29) is 0 Å². The molecule has 2 nitrogen and oxygen atoms in total. The van der Waals surface area contributed by atoms with Crippen LogP contribution in [-0.2, 0) is 6.54 Å². The van der Waals surface area contributed by atoms with E-state index in [9.17, 15) is 0 Å². The van der Waals surface area contributed by atoms with Gasteiger partial charge in [-0.15, -0.1) is 0 Å². The Balaban J connectivity index is 1.69. The predicted molar refractivity (Wildman–Crippen MR) is 91.7 cm³/mol. The van der Waals surface area contributed by atoms with Crippen LogP contribution in [0.3, 0.4) is 0 Å². The Morgan fingerprint density at radius 1 is 1.14 bits per heavy atom. The largest absolute Gasteiger partial charge is 0.310 e. The summed E-state index contributed by atoms with van der Waals surface area (Å²) < 4.78 is 0. The SMILES string of the molecule is CCCCN1CCC(NCc2ccc(C(C)C)cc2)CC1. The van der Waals surface area contributed by atoms with E-state index in [1.807, 2.05) is 0 Å². The third-order valence-corrected chi connectivity index (χ3v) is 4.66. The topological polar surface area (TPSA) is 15.3 Å². The Morgan fingerprint density at radius 2 is 1.81 bits per heavy atom. The first-order valence-electron chi connectivity index (χ1n) is 8.73. The monoisotopic (exact) mass is 288 g/mol. The first kappa shape index (κ1) is 16.5. The summed E-state index contributed by atoms with van der Waals surface area (Å²) in [6.07, 6.45) is 5.26. The lowest BCUT2D eigenvalue weighted by Crippen LogP contribution is -2.42. The van der Waals surface area contributed by atoms with Crippen molar-refractivity contribution in [3.8, 4) is 0 Å². The maximum Gasteiger partial charge on any atom is 0.0208 e. The van der Waals surface area contributed by atoms with E-state index in [1.165, 1.54) is 56.4 Å². The Morgan fingerprint density at radius 3 is 2.38 bits per heavy atom. The van der Waals surface area contributed by atoms with Gasteiger partial charge in [0.05, 0.1) is 0 Å². The van der Waals surface area contributed by atoms with Crippen molar-refractivity contribution in [2.45, 2.75) is 65.0 Å². The molecular formula is C19H32N2. The molecule has 2 rings (SSSR count). The number of unbranched alkanes of at least 4 members (excludes halogenated alkanes) is 1. The highest BCUT2D eigenvalue weighted by molar-refractivity contribution is 5.24. The molecule has 0 aromatic heterocycles. The summed E-state index contributed by atoms with van der Waals surface area (Å²) >= 11 is 0. The molecule has 1 aromatic rings. The highest BCUT2D eigenvalue weighted by atomic mass is 15.1. The Bertz CT molecular complexity index is 389. The van der Waals surface area contributed by atoms with Gasteiger partial charge in [0.25, 0.3) is 0 Å². The molecule has 1 aromatic carbocycles. The summed E-state index contributed by atoms with van der Waals surface area (Å²) in [4.78, 5) is 2.62. The lowest BCUT2D eigenvalue weighted by Gasteiger charge is -2.32.